The molecule has 44 heavy (non-hydrogen) atoms. The number of carbonyl (C=O) groups excluding carboxylic acids is 3. The van der Waals surface area contributed by atoms with E-state index in [1.807, 2.05) is 25.1 Å². The summed E-state index contributed by atoms with van der Waals surface area (Å²) in [5.74, 6) is -1.90. The van der Waals surface area contributed by atoms with Crippen LogP contribution < -0.4 is 15.4 Å². The number of amides is 3. The van der Waals surface area contributed by atoms with Crippen molar-refractivity contribution in [2.45, 2.75) is 32.5 Å². The molecule has 1 saturated heterocycles. The van der Waals surface area contributed by atoms with Crippen LogP contribution in [-0.2, 0) is 11.3 Å². The number of likely N-dealkylation sites (tertiary alicyclic amines) is 1. The predicted octanol–water partition coefficient (Wildman–Crippen LogP) is 7.21. The number of ether oxygens (including phenoxy) is 1. The monoisotopic (exact) mass is 613 g/mol. The molecule has 1 aliphatic rings. The van der Waals surface area contributed by atoms with Gasteiger partial charge in [0.25, 0.3) is 0 Å². The zero-order valence-electron chi connectivity index (χ0n) is 24.6. The third kappa shape index (κ3) is 6.45. The maximum Gasteiger partial charge on any atom is 0.323 e. The van der Waals surface area contributed by atoms with E-state index in [0.717, 1.165) is 5.56 Å². The van der Waals surface area contributed by atoms with Crippen LogP contribution >= 0.6 is 11.6 Å². The van der Waals surface area contributed by atoms with Gasteiger partial charge in [0.15, 0.2) is 5.78 Å². The molecule has 226 valence electrons. The van der Waals surface area contributed by atoms with Crippen LogP contribution in [0, 0.1) is 24.6 Å². The summed E-state index contributed by atoms with van der Waals surface area (Å²) >= 11 is 6.49. The van der Waals surface area contributed by atoms with Crippen molar-refractivity contribution in [3.8, 4) is 5.75 Å². The second kappa shape index (κ2) is 13.3. The van der Waals surface area contributed by atoms with Gasteiger partial charge < -0.3 is 20.3 Å². The Balaban J connectivity index is 1.59. The van der Waals surface area contributed by atoms with Crippen LogP contribution in [0.1, 0.15) is 40.0 Å². The van der Waals surface area contributed by atoms with Crippen LogP contribution in [0.15, 0.2) is 97.1 Å². The van der Waals surface area contributed by atoms with Gasteiger partial charge in [-0.05, 0) is 78.1 Å². The lowest BCUT2D eigenvalue weighted by molar-refractivity contribution is -0.126. The lowest BCUT2D eigenvalue weighted by atomic mass is 9.80. The maximum absolute atomic E-state index is 14.3. The van der Waals surface area contributed by atoms with E-state index < -0.39 is 35.9 Å². The lowest BCUT2D eigenvalue weighted by Gasteiger charge is -2.31. The zero-order chi connectivity index (χ0) is 31.4. The van der Waals surface area contributed by atoms with E-state index >= 15 is 0 Å². The Labute approximate surface area is 261 Å². The number of rotatable bonds is 8. The fourth-order valence-electron chi connectivity index (χ4n) is 5.90. The van der Waals surface area contributed by atoms with E-state index in [-0.39, 0.29) is 23.2 Å². The molecule has 4 aromatic carbocycles. The molecule has 9 heteroatoms. The molecule has 4 unspecified atom stereocenters. The highest BCUT2D eigenvalue weighted by Crippen LogP contribution is 2.47. The third-order valence-electron chi connectivity index (χ3n) is 8.06. The highest BCUT2D eigenvalue weighted by Gasteiger charge is 2.55. The lowest BCUT2D eigenvalue weighted by Crippen LogP contribution is -2.50. The molecular formula is C35H33ClFN3O4. The topological polar surface area (TPSA) is 87.7 Å². The first-order valence-electron chi connectivity index (χ1n) is 14.3. The summed E-state index contributed by atoms with van der Waals surface area (Å²) in [4.78, 5) is 44.0. The smallest absolute Gasteiger partial charge is 0.323 e. The standard InChI is InChI=1S/C35H33ClFN3O4/c1-21-7-6-8-26(19-21)39-35(43)40-31(34(42)38-20-23-11-15-25(37)16-12-23)22(2)30(33(41)28-9-4-5-10-29(28)36)32(40)24-13-17-27(44-3)18-14-24/h4-19,22,30-32H,20H2,1-3H3,(H,38,42)(H,39,43). The molecule has 0 aromatic heterocycles. The van der Waals surface area contributed by atoms with Crippen molar-refractivity contribution in [3.63, 3.8) is 0 Å². The summed E-state index contributed by atoms with van der Waals surface area (Å²) in [7, 11) is 1.56. The zero-order valence-corrected chi connectivity index (χ0v) is 25.3. The number of ketones is 1. The summed E-state index contributed by atoms with van der Waals surface area (Å²) in [5, 5.41) is 6.15. The van der Waals surface area contributed by atoms with Crippen molar-refractivity contribution in [2.24, 2.45) is 11.8 Å². The molecule has 1 aliphatic heterocycles. The van der Waals surface area contributed by atoms with E-state index in [9.17, 15) is 18.8 Å². The number of Topliss-reactive ketones (excluding diaryl/α,β-unsaturated/α-hetero) is 1. The van der Waals surface area contributed by atoms with Crippen molar-refractivity contribution in [1.29, 1.82) is 0 Å². The van der Waals surface area contributed by atoms with Crippen LogP contribution in [0.25, 0.3) is 0 Å². The minimum atomic E-state index is -1.02. The van der Waals surface area contributed by atoms with Crippen LogP contribution in [0.2, 0.25) is 5.02 Å². The number of benzene rings is 4. The molecule has 1 heterocycles. The van der Waals surface area contributed by atoms with Gasteiger partial charge in [0, 0.05) is 17.8 Å². The SMILES string of the molecule is COc1ccc(C2C(C(=O)c3ccccc3Cl)C(C)C(C(=O)NCc3ccc(F)cc3)N2C(=O)Nc2cccc(C)c2)cc1. The quantitative estimate of drug-likeness (QED) is 0.206. The number of nitrogens with one attached hydrogen (secondary N) is 2. The summed E-state index contributed by atoms with van der Waals surface area (Å²) in [6.45, 7) is 3.84. The van der Waals surface area contributed by atoms with Gasteiger partial charge >= 0.3 is 6.03 Å². The minimum Gasteiger partial charge on any atom is -0.497 e. The molecule has 4 aromatic rings. The number of urea groups is 1. The average Bonchev–Trinajstić information content (AvgIpc) is 3.33. The van der Waals surface area contributed by atoms with Crippen molar-refractivity contribution in [1.82, 2.24) is 10.2 Å². The third-order valence-corrected chi connectivity index (χ3v) is 8.39. The Morgan fingerprint density at radius 1 is 0.932 bits per heavy atom. The number of methoxy groups -OCH3 is 1. The normalized spacial score (nSPS) is 19.3. The molecule has 4 atom stereocenters. The highest BCUT2D eigenvalue weighted by atomic mass is 35.5. The number of aryl methyl sites for hydroxylation is 1. The fourth-order valence-corrected chi connectivity index (χ4v) is 6.13. The number of hydrogen-bond donors (Lipinski definition) is 2. The van der Waals surface area contributed by atoms with Gasteiger partial charge in [-0.25, -0.2) is 9.18 Å². The summed E-state index contributed by atoms with van der Waals surface area (Å²) < 4.78 is 18.8. The fraction of sp³-hybridized carbons (Fsp3) is 0.229. The van der Waals surface area contributed by atoms with Gasteiger partial charge in [-0.3, -0.25) is 9.59 Å². The highest BCUT2D eigenvalue weighted by molar-refractivity contribution is 6.34. The molecule has 0 aliphatic carbocycles. The Bertz CT molecular complexity index is 1660. The molecular weight excluding hydrogens is 581 g/mol. The molecule has 0 bridgehead atoms. The van der Waals surface area contributed by atoms with E-state index in [1.165, 1.54) is 17.0 Å². The van der Waals surface area contributed by atoms with Crippen LogP contribution in [0.4, 0.5) is 14.9 Å². The van der Waals surface area contributed by atoms with Crippen molar-refractivity contribution in [3.05, 3.63) is 130 Å². The second-order valence-corrected chi connectivity index (χ2v) is 11.4. The Morgan fingerprint density at radius 2 is 1.64 bits per heavy atom. The summed E-state index contributed by atoms with van der Waals surface area (Å²) in [6.07, 6.45) is 0. The van der Waals surface area contributed by atoms with E-state index in [4.69, 9.17) is 16.3 Å². The van der Waals surface area contributed by atoms with Gasteiger partial charge in [0.2, 0.25) is 5.91 Å². The molecule has 7 nitrogen and oxygen atoms in total. The summed E-state index contributed by atoms with van der Waals surface area (Å²) in [6, 6.07) is 24.7. The van der Waals surface area contributed by atoms with E-state index in [2.05, 4.69) is 10.6 Å². The molecule has 0 radical (unpaired) electrons. The van der Waals surface area contributed by atoms with Gasteiger partial charge in [0.05, 0.1) is 24.1 Å². The first-order valence-corrected chi connectivity index (χ1v) is 14.7. The maximum atomic E-state index is 14.3. The number of nitrogens with zero attached hydrogens (tertiary/aromatic N) is 1. The second-order valence-electron chi connectivity index (χ2n) is 10.9. The van der Waals surface area contributed by atoms with Crippen LogP contribution in [0.3, 0.4) is 0 Å². The summed E-state index contributed by atoms with van der Waals surface area (Å²) in [5.41, 5.74) is 3.18. The van der Waals surface area contributed by atoms with Gasteiger partial charge in [-0.15, -0.1) is 0 Å². The number of carbonyl (C=O) groups is 3. The van der Waals surface area contributed by atoms with E-state index in [0.29, 0.717) is 28.1 Å². The van der Waals surface area contributed by atoms with Gasteiger partial charge in [-0.1, -0.05) is 67.1 Å². The largest absolute Gasteiger partial charge is 0.497 e. The molecule has 5 rings (SSSR count). The molecule has 0 saturated carbocycles. The first kappa shape index (κ1) is 30.8. The Kier molecular flexibility index (Phi) is 9.30. The number of halogens is 2. The Morgan fingerprint density at radius 3 is 2.30 bits per heavy atom. The molecule has 3 amide bonds. The Hall–Kier alpha value is -4.69. The van der Waals surface area contributed by atoms with Crippen molar-refractivity contribution < 1.29 is 23.5 Å². The van der Waals surface area contributed by atoms with Crippen molar-refractivity contribution in [2.75, 3.05) is 12.4 Å². The minimum absolute atomic E-state index is 0.117. The number of anilines is 1. The van der Waals surface area contributed by atoms with Crippen molar-refractivity contribution >= 4 is 35.0 Å². The molecule has 2 N–H and O–H groups in total. The van der Waals surface area contributed by atoms with Gasteiger partial charge in [0.1, 0.15) is 17.6 Å². The molecule has 1 fully saturated rings. The predicted molar refractivity (Wildman–Crippen MR) is 168 cm³/mol. The van der Waals surface area contributed by atoms with Crippen LogP contribution in [-0.4, -0.2) is 35.8 Å². The van der Waals surface area contributed by atoms with Crippen LogP contribution in [0.5, 0.6) is 5.75 Å². The van der Waals surface area contributed by atoms with Gasteiger partial charge in [-0.2, -0.15) is 0 Å². The first-order chi connectivity index (χ1) is 21.2. The number of hydrogen-bond acceptors (Lipinski definition) is 4. The average molecular weight is 614 g/mol. The molecule has 0 spiro atoms. The van der Waals surface area contributed by atoms with E-state index in [1.54, 1.807) is 80.8 Å².